The molecule has 2 saturated heterocycles. The van der Waals surface area contributed by atoms with E-state index in [9.17, 15) is 14.4 Å². The number of likely N-dealkylation sites (tertiary alicyclic amines) is 2. The molecule has 2 aliphatic heterocycles. The fraction of sp³-hybridized carbons (Fsp3) is 0.500. The highest BCUT2D eigenvalue weighted by molar-refractivity contribution is 5.93. The summed E-state index contributed by atoms with van der Waals surface area (Å²) in [6, 6.07) is 9.61. The van der Waals surface area contributed by atoms with Crippen LogP contribution in [-0.2, 0) is 19.1 Å². The predicted octanol–water partition coefficient (Wildman–Crippen LogP) is 2.64. The van der Waals surface area contributed by atoms with Gasteiger partial charge in [-0.15, -0.1) is 0 Å². The second kappa shape index (κ2) is 9.04. The van der Waals surface area contributed by atoms with Gasteiger partial charge in [0, 0.05) is 32.6 Å². The van der Waals surface area contributed by atoms with Crippen LogP contribution in [0.4, 0.5) is 0 Å². The number of carbonyl (C=O) groups excluding carboxylic acids is 3. The summed E-state index contributed by atoms with van der Waals surface area (Å²) in [5.41, 5.74) is 0.178. The molecule has 1 unspecified atom stereocenters. The maximum Gasteiger partial charge on any atom is 0.302 e. The normalized spacial score (nSPS) is 22.0. The van der Waals surface area contributed by atoms with Gasteiger partial charge in [-0.25, -0.2) is 0 Å². The van der Waals surface area contributed by atoms with Crippen LogP contribution in [0.2, 0.25) is 0 Å². The predicted molar refractivity (Wildman–Crippen MR) is 106 cm³/mol. The lowest BCUT2D eigenvalue weighted by Gasteiger charge is -2.38. The average molecular weight is 384 g/mol. The number of nitrogens with zero attached hydrogens (tertiary/aromatic N) is 2. The highest BCUT2D eigenvalue weighted by Crippen LogP contribution is 2.34. The molecule has 1 aromatic rings. The Hall–Kier alpha value is -2.63. The SMILES string of the molecule is CC(=O)OCC1(CC(=O)N2CCCC2)CCCN1C(=O)/C=C/c1ccccc1. The van der Waals surface area contributed by atoms with Crippen molar-refractivity contribution in [2.75, 3.05) is 26.2 Å². The third kappa shape index (κ3) is 4.80. The van der Waals surface area contributed by atoms with Gasteiger partial charge in [-0.3, -0.25) is 14.4 Å². The van der Waals surface area contributed by atoms with Gasteiger partial charge in [0.15, 0.2) is 0 Å². The van der Waals surface area contributed by atoms with E-state index in [0.29, 0.717) is 13.0 Å². The minimum Gasteiger partial charge on any atom is -0.463 e. The number of ether oxygens (including phenoxy) is 1. The van der Waals surface area contributed by atoms with Gasteiger partial charge in [0.1, 0.15) is 6.61 Å². The fourth-order valence-corrected chi connectivity index (χ4v) is 4.08. The molecule has 0 N–H and O–H groups in total. The standard InChI is InChI=1S/C22H28N2O4/c1-18(25)28-17-22(16-21(27)23-13-5-6-14-23)12-7-15-24(22)20(26)11-10-19-8-3-2-4-9-19/h2-4,8-11H,5-7,12-17H2,1H3/b11-10+. The second-order valence-electron chi connectivity index (χ2n) is 7.61. The van der Waals surface area contributed by atoms with Crippen LogP contribution >= 0.6 is 0 Å². The van der Waals surface area contributed by atoms with Crippen molar-refractivity contribution in [2.45, 2.75) is 44.6 Å². The van der Waals surface area contributed by atoms with E-state index in [-0.39, 0.29) is 24.8 Å². The molecule has 0 aromatic heterocycles. The number of esters is 1. The first-order valence-corrected chi connectivity index (χ1v) is 9.96. The Morgan fingerprint density at radius 3 is 2.46 bits per heavy atom. The van der Waals surface area contributed by atoms with Crippen LogP contribution < -0.4 is 0 Å². The van der Waals surface area contributed by atoms with Crippen molar-refractivity contribution >= 4 is 23.9 Å². The van der Waals surface area contributed by atoms with Crippen molar-refractivity contribution in [3.8, 4) is 0 Å². The number of hydrogen-bond acceptors (Lipinski definition) is 4. The largest absolute Gasteiger partial charge is 0.463 e. The molecule has 28 heavy (non-hydrogen) atoms. The maximum absolute atomic E-state index is 13.0. The molecule has 2 fully saturated rings. The lowest BCUT2D eigenvalue weighted by molar-refractivity contribution is -0.151. The zero-order chi connectivity index (χ0) is 20.0. The Bertz CT molecular complexity index is 740. The molecule has 2 heterocycles. The Morgan fingerprint density at radius 2 is 1.79 bits per heavy atom. The van der Waals surface area contributed by atoms with Crippen LogP contribution in [-0.4, -0.2) is 59.4 Å². The van der Waals surface area contributed by atoms with Crippen molar-refractivity contribution in [1.29, 1.82) is 0 Å². The highest BCUT2D eigenvalue weighted by atomic mass is 16.5. The molecule has 150 valence electrons. The van der Waals surface area contributed by atoms with Gasteiger partial charge in [-0.05, 0) is 37.3 Å². The van der Waals surface area contributed by atoms with Gasteiger partial charge in [0.2, 0.25) is 11.8 Å². The van der Waals surface area contributed by atoms with Gasteiger partial charge < -0.3 is 14.5 Å². The van der Waals surface area contributed by atoms with E-state index in [1.165, 1.54) is 6.92 Å². The van der Waals surface area contributed by atoms with Crippen molar-refractivity contribution in [3.63, 3.8) is 0 Å². The average Bonchev–Trinajstić information content (AvgIpc) is 3.36. The Labute approximate surface area is 166 Å². The second-order valence-corrected chi connectivity index (χ2v) is 7.61. The van der Waals surface area contributed by atoms with Gasteiger partial charge in [0.25, 0.3) is 0 Å². The third-order valence-electron chi connectivity index (χ3n) is 5.56. The van der Waals surface area contributed by atoms with Crippen molar-refractivity contribution in [3.05, 3.63) is 42.0 Å². The molecule has 6 heteroatoms. The zero-order valence-electron chi connectivity index (χ0n) is 16.4. The fourth-order valence-electron chi connectivity index (χ4n) is 4.08. The quantitative estimate of drug-likeness (QED) is 0.559. The van der Waals surface area contributed by atoms with Crippen molar-refractivity contribution in [2.24, 2.45) is 0 Å². The highest BCUT2D eigenvalue weighted by Gasteiger charge is 2.46. The Balaban J connectivity index is 1.77. The van der Waals surface area contributed by atoms with E-state index in [1.54, 1.807) is 17.1 Å². The van der Waals surface area contributed by atoms with E-state index in [0.717, 1.165) is 37.9 Å². The van der Waals surface area contributed by atoms with Gasteiger partial charge >= 0.3 is 5.97 Å². The van der Waals surface area contributed by atoms with Crippen LogP contribution in [0.25, 0.3) is 6.08 Å². The van der Waals surface area contributed by atoms with Crippen molar-refractivity contribution < 1.29 is 19.1 Å². The first kappa shape index (κ1) is 20.1. The summed E-state index contributed by atoms with van der Waals surface area (Å²) in [6.45, 7) is 3.51. The van der Waals surface area contributed by atoms with E-state index in [2.05, 4.69) is 0 Å². The van der Waals surface area contributed by atoms with E-state index >= 15 is 0 Å². The molecule has 0 bridgehead atoms. The molecule has 0 saturated carbocycles. The van der Waals surface area contributed by atoms with Crippen molar-refractivity contribution in [1.82, 2.24) is 9.80 Å². The summed E-state index contributed by atoms with van der Waals surface area (Å²) in [5, 5.41) is 0. The molecular weight excluding hydrogens is 356 g/mol. The summed E-state index contributed by atoms with van der Waals surface area (Å²) >= 11 is 0. The molecule has 0 radical (unpaired) electrons. The van der Waals surface area contributed by atoms with Crippen LogP contribution in [0.5, 0.6) is 0 Å². The third-order valence-corrected chi connectivity index (χ3v) is 5.56. The van der Waals surface area contributed by atoms with Crippen LogP contribution in [0.1, 0.15) is 44.6 Å². The monoisotopic (exact) mass is 384 g/mol. The number of amides is 2. The summed E-state index contributed by atoms with van der Waals surface area (Å²) in [7, 11) is 0. The molecule has 2 amide bonds. The summed E-state index contributed by atoms with van der Waals surface area (Å²) in [6.07, 6.45) is 7.01. The maximum atomic E-state index is 13.0. The Kier molecular flexibility index (Phi) is 6.49. The molecular formula is C22H28N2O4. The molecule has 3 rings (SSSR count). The summed E-state index contributed by atoms with van der Waals surface area (Å²) in [5.74, 6) is -0.508. The van der Waals surface area contributed by atoms with Gasteiger partial charge in [-0.1, -0.05) is 30.3 Å². The number of rotatable bonds is 6. The smallest absolute Gasteiger partial charge is 0.302 e. The van der Waals surface area contributed by atoms with Crippen LogP contribution in [0.15, 0.2) is 36.4 Å². The lowest BCUT2D eigenvalue weighted by Crippen LogP contribution is -2.53. The molecule has 0 spiro atoms. The molecule has 6 nitrogen and oxygen atoms in total. The summed E-state index contributed by atoms with van der Waals surface area (Å²) in [4.78, 5) is 40.8. The number of benzene rings is 1. The van der Waals surface area contributed by atoms with Gasteiger partial charge in [-0.2, -0.15) is 0 Å². The van der Waals surface area contributed by atoms with Gasteiger partial charge in [0.05, 0.1) is 12.0 Å². The molecule has 1 atom stereocenters. The molecule has 0 aliphatic carbocycles. The first-order valence-electron chi connectivity index (χ1n) is 9.96. The van der Waals surface area contributed by atoms with Crippen LogP contribution in [0.3, 0.4) is 0 Å². The minimum atomic E-state index is -0.760. The lowest BCUT2D eigenvalue weighted by atomic mass is 9.91. The molecule has 1 aromatic carbocycles. The first-order chi connectivity index (χ1) is 13.5. The number of carbonyl (C=O) groups is 3. The van der Waals surface area contributed by atoms with Crippen LogP contribution in [0, 0.1) is 0 Å². The zero-order valence-corrected chi connectivity index (χ0v) is 16.4. The molecule has 2 aliphatic rings. The van der Waals surface area contributed by atoms with E-state index in [4.69, 9.17) is 4.74 Å². The van der Waals surface area contributed by atoms with E-state index < -0.39 is 11.5 Å². The van der Waals surface area contributed by atoms with E-state index in [1.807, 2.05) is 35.2 Å². The minimum absolute atomic E-state index is 0.0383. The Morgan fingerprint density at radius 1 is 1.07 bits per heavy atom. The summed E-state index contributed by atoms with van der Waals surface area (Å²) < 4.78 is 5.31. The topological polar surface area (TPSA) is 66.9 Å². The number of hydrogen-bond donors (Lipinski definition) is 0.